The number of aromatic nitrogens is 3. The van der Waals surface area contributed by atoms with Crippen molar-refractivity contribution in [2.45, 2.75) is 31.2 Å². The first-order chi connectivity index (χ1) is 12.8. The molecule has 3 aromatic heterocycles. The van der Waals surface area contributed by atoms with Crippen LogP contribution in [-0.2, 0) is 12.0 Å². The van der Waals surface area contributed by atoms with Gasteiger partial charge in [-0.15, -0.1) is 11.3 Å². The summed E-state index contributed by atoms with van der Waals surface area (Å²) in [6.45, 7) is 2.63. The van der Waals surface area contributed by atoms with E-state index in [1.165, 1.54) is 28.4 Å². The minimum Gasteiger partial charge on any atom is -0.338 e. The lowest BCUT2D eigenvalue weighted by Crippen LogP contribution is -2.44. The number of hydrogen-bond acceptors (Lipinski definition) is 4. The zero-order valence-electron chi connectivity index (χ0n) is 14.5. The Morgan fingerprint density at radius 1 is 1.08 bits per heavy atom. The van der Waals surface area contributed by atoms with Gasteiger partial charge in [-0.1, -0.05) is 6.07 Å². The van der Waals surface area contributed by atoms with Gasteiger partial charge in [0.15, 0.2) is 0 Å². The van der Waals surface area contributed by atoms with Gasteiger partial charge in [-0.3, -0.25) is 9.78 Å². The summed E-state index contributed by atoms with van der Waals surface area (Å²) in [7, 11) is 0. The van der Waals surface area contributed by atoms with Crippen LogP contribution in [0, 0.1) is 0 Å². The summed E-state index contributed by atoms with van der Waals surface area (Å²) in [6, 6.07) is 7.94. The van der Waals surface area contributed by atoms with E-state index in [1.54, 1.807) is 0 Å². The monoisotopic (exact) mass is 364 g/mol. The molecule has 26 heavy (non-hydrogen) atoms. The third-order valence-electron chi connectivity index (χ3n) is 5.86. The average Bonchev–Trinajstić information content (AvgIpc) is 3.42. The SMILES string of the molecule is O=C(c1cccs1)N1CCC2(CC1)CCn1c(-c3ccncc3)cnc12. The summed E-state index contributed by atoms with van der Waals surface area (Å²) in [5, 5.41) is 1.97. The van der Waals surface area contributed by atoms with Crippen molar-refractivity contribution in [3.8, 4) is 11.3 Å². The number of fused-ring (bicyclic) bond motifs is 2. The number of carbonyl (C=O) groups excluding carboxylic acids is 1. The summed E-state index contributed by atoms with van der Waals surface area (Å²) < 4.78 is 2.37. The first-order valence-electron chi connectivity index (χ1n) is 9.06. The second-order valence-electron chi connectivity index (χ2n) is 7.15. The Hall–Kier alpha value is -2.47. The van der Waals surface area contributed by atoms with Gasteiger partial charge < -0.3 is 9.47 Å². The molecule has 6 heteroatoms. The maximum atomic E-state index is 12.6. The molecular weight excluding hydrogens is 344 g/mol. The number of carbonyl (C=O) groups is 1. The van der Waals surface area contributed by atoms with E-state index in [1.807, 2.05) is 53.1 Å². The molecule has 0 saturated carbocycles. The Labute approximate surface area is 156 Å². The van der Waals surface area contributed by atoms with Crippen molar-refractivity contribution in [2.75, 3.05) is 13.1 Å². The molecule has 0 aromatic carbocycles. The van der Waals surface area contributed by atoms with Crippen LogP contribution in [0.5, 0.6) is 0 Å². The number of pyridine rings is 1. The number of imidazole rings is 1. The van der Waals surface area contributed by atoms with Crippen LogP contribution in [-0.4, -0.2) is 38.4 Å². The molecule has 2 aliphatic rings. The standard InChI is InChI=1S/C20H20N4OS/c25-18(17-2-1-13-26-17)23-10-5-20(6-11-23)7-12-24-16(14-22-19(20)24)15-3-8-21-9-4-15/h1-4,8-9,13-14H,5-7,10-12H2. The fourth-order valence-corrected chi connectivity index (χ4v) is 5.07. The number of thiophene rings is 1. The highest BCUT2D eigenvalue weighted by atomic mass is 32.1. The number of amides is 1. The smallest absolute Gasteiger partial charge is 0.263 e. The van der Waals surface area contributed by atoms with Crippen LogP contribution in [0.25, 0.3) is 11.3 Å². The predicted molar refractivity (Wildman–Crippen MR) is 101 cm³/mol. The lowest BCUT2D eigenvalue weighted by atomic mass is 9.76. The number of piperidine rings is 1. The first kappa shape index (κ1) is 15.8. The molecule has 1 saturated heterocycles. The fourth-order valence-electron chi connectivity index (χ4n) is 4.38. The van der Waals surface area contributed by atoms with E-state index in [0.717, 1.165) is 43.8 Å². The second-order valence-corrected chi connectivity index (χ2v) is 8.10. The zero-order valence-corrected chi connectivity index (χ0v) is 15.3. The molecule has 5 nitrogen and oxygen atoms in total. The average molecular weight is 364 g/mol. The number of rotatable bonds is 2. The van der Waals surface area contributed by atoms with Crippen LogP contribution in [0.4, 0.5) is 0 Å². The fraction of sp³-hybridized carbons (Fsp3) is 0.350. The molecule has 2 aliphatic heterocycles. The maximum Gasteiger partial charge on any atom is 0.263 e. The van der Waals surface area contributed by atoms with E-state index in [2.05, 4.69) is 9.55 Å². The van der Waals surface area contributed by atoms with E-state index in [0.29, 0.717) is 0 Å². The van der Waals surface area contributed by atoms with Crippen molar-refractivity contribution in [3.63, 3.8) is 0 Å². The highest BCUT2D eigenvalue weighted by Crippen LogP contribution is 2.44. The second kappa shape index (κ2) is 6.06. The Bertz CT molecular complexity index is 924. The molecule has 0 radical (unpaired) electrons. The molecule has 1 spiro atoms. The molecule has 0 unspecified atom stereocenters. The van der Waals surface area contributed by atoms with E-state index < -0.39 is 0 Å². The van der Waals surface area contributed by atoms with Crippen molar-refractivity contribution in [1.29, 1.82) is 0 Å². The molecular formula is C20H20N4OS. The van der Waals surface area contributed by atoms with Crippen molar-refractivity contribution in [1.82, 2.24) is 19.4 Å². The van der Waals surface area contributed by atoms with Gasteiger partial charge in [-0.2, -0.15) is 0 Å². The topological polar surface area (TPSA) is 51.0 Å². The maximum absolute atomic E-state index is 12.6. The Kier molecular flexibility index (Phi) is 3.67. The van der Waals surface area contributed by atoms with Crippen LogP contribution >= 0.6 is 11.3 Å². The Morgan fingerprint density at radius 3 is 2.58 bits per heavy atom. The molecule has 5 rings (SSSR count). The number of hydrogen-bond donors (Lipinski definition) is 0. The first-order valence-corrected chi connectivity index (χ1v) is 9.94. The summed E-state index contributed by atoms with van der Waals surface area (Å²) in [5.41, 5.74) is 2.47. The molecule has 5 heterocycles. The largest absolute Gasteiger partial charge is 0.338 e. The van der Waals surface area contributed by atoms with Gasteiger partial charge in [0.2, 0.25) is 0 Å². The third kappa shape index (κ3) is 2.40. The number of nitrogens with zero attached hydrogens (tertiary/aromatic N) is 4. The molecule has 132 valence electrons. The van der Waals surface area contributed by atoms with Crippen molar-refractivity contribution < 1.29 is 4.79 Å². The predicted octanol–water partition coefficient (Wildman–Crippen LogP) is 3.58. The Morgan fingerprint density at radius 2 is 1.85 bits per heavy atom. The van der Waals surface area contributed by atoms with Crippen LogP contribution in [0.1, 0.15) is 34.8 Å². The molecule has 0 N–H and O–H groups in total. The summed E-state index contributed by atoms with van der Waals surface area (Å²) in [4.78, 5) is 24.4. The Balaban J connectivity index is 1.38. The minimum absolute atomic E-state index is 0.123. The number of likely N-dealkylation sites (tertiary alicyclic amines) is 1. The molecule has 0 atom stereocenters. The zero-order chi connectivity index (χ0) is 17.6. The van der Waals surface area contributed by atoms with Crippen LogP contribution in [0.15, 0.2) is 48.2 Å². The van der Waals surface area contributed by atoms with Crippen LogP contribution in [0.2, 0.25) is 0 Å². The van der Waals surface area contributed by atoms with E-state index in [-0.39, 0.29) is 11.3 Å². The molecule has 0 aliphatic carbocycles. The quantitative estimate of drug-likeness (QED) is 0.698. The summed E-state index contributed by atoms with van der Waals surface area (Å²) in [5.74, 6) is 1.38. The molecule has 1 amide bonds. The highest BCUT2D eigenvalue weighted by molar-refractivity contribution is 7.12. The lowest BCUT2D eigenvalue weighted by Gasteiger charge is -2.38. The van der Waals surface area contributed by atoms with Gasteiger partial charge in [-0.05, 0) is 42.8 Å². The van der Waals surface area contributed by atoms with Gasteiger partial charge in [0, 0.05) is 43.0 Å². The van der Waals surface area contributed by atoms with Gasteiger partial charge in [0.25, 0.3) is 5.91 Å². The van der Waals surface area contributed by atoms with E-state index in [4.69, 9.17) is 4.98 Å². The molecule has 0 bridgehead atoms. The normalized spacial score (nSPS) is 18.2. The minimum atomic E-state index is 0.123. The van der Waals surface area contributed by atoms with E-state index in [9.17, 15) is 4.79 Å². The summed E-state index contributed by atoms with van der Waals surface area (Å²) >= 11 is 1.53. The highest BCUT2D eigenvalue weighted by Gasteiger charge is 2.44. The third-order valence-corrected chi connectivity index (χ3v) is 6.72. The van der Waals surface area contributed by atoms with Gasteiger partial charge in [0.1, 0.15) is 5.82 Å². The van der Waals surface area contributed by atoms with Gasteiger partial charge >= 0.3 is 0 Å². The molecule has 3 aromatic rings. The van der Waals surface area contributed by atoms with Gasteiger partial charge in [-0.25, -0.2) is 4.98 Å². The van der Waals surface area contributed by atoms with Crippen molar-refractivity contribution >= 4 is 17.2 Å². The lowest BCUT2D eigenvalue weighted by molar-refractivity contribution is 0.0668. The van der Waals surface area contributed by atoms with Crippen molar-refractivity contribution in [2.24, 2.45) is 0 Å². The van der Waals surface area contributed by atoms with Crippen LogP contribution < -0.4 is 0 Å². The molecule has 1 fully saturated rings. The van der Waals surface area contributed by atoms with Gasteiger partial charge in [0.05, 0.1) is 16.8 Å². The summed E-state index contributed by atoms with van der Waals surface area (Å²) in [6.07, 6.45) is 8.77. The van der Waals surface area contributed by atoms with Crippen molar-refractivity contribution in [3.05, 3.63) is 58.9 Å². The van der Waals surface area contributed by atoms with E-state index >= 15 is 0 Å². The van der Waals surface area contributed by atoms with Crippen LogP contribution in [0.3, 0.4) is 0 Å².